The predicted octanol–water partition coefficient (Wildman–Crippen LogP) is 4.13. The summed E-state index contributed by atoms with van der Waals surface area (Å²) in [6, 6.07) is 11.1. The van der Waals surface area contributed by atoms with Gasteiger partial charge in [0.05, 0.1) is 0 Å². The maximum Gasteiger partial charge on any atom is 0.0303 e. The zero-order valence-corrected chi connectivity index (χ0v) is 13.2. The van der Waals surface area contributed by atoms with Gasteiger partial charge in [0.25, 0.3) is 0 Å². The molecule has 1 aromatic heterocycles. The van der Waals surface area contributed by atoms with Crippen LogP contribution >= 0.6 is 33.9 Å². The summed E-state index contributed by atoms with van der Waals surface area (Å²) in [4.78, 5) is 3.12. The average molecular weight is 369 g/mol. The lowest BCUT2D eigenvalue weighted by atomic mass is 10.2. The van der Waals surface area contributed by atoms with Crippen molar-refractivity contribution < 1.29 is 0 Å². The standard InChI is InChI=1S/C15H16INS/c16-13-5-1-3-11(7-13)9-17-10-14-8-12-4-2-6-15(12)18-14/h1,3,5,7-8,17H,2,4,6,9-10H2. The largest absolute Gasteiger partial charge is 0.308 e. The van der Waals surface area contributed by atoms with E-state index in [1.54, 1.807) is 10.4 Å². The van der Waals surface area contributed by atoms with Crippen LogP contribution in [0.5, 0.6) is 0 Å². The zero-order valence-electron chi connectivity index (χ0n) is 10.2. The first kappa shape index (κ1) is 12.6. The number of nitrogens with one attached hydrogen (secondary N) is 1. The van der Waals surface area contributed by atoms with E-state index in [1.165, 1.54) is 33.3 Å². The van der Waals surface area contributed by atoms with Crippen molar-refractivity contribution in [1.29, 1.82) is 0 Å². The molecule has 0 spiro atoms. The molecule has 3 rings (SSSR count). The van der Waals surface area contributed by atoms with E-state index in [0.717, 1.165) is 13.1 Å². The topological polar surface area (TPSA) is 12.0 Å². The Kier molecular flexibility index (Phi) is 4.01. The highest BCUT2D eigenvalue weighted by Gasteiger charge is 2.14. The molecular weight excluding hydrogens is 353 g/mol. The molecule has 2 aromatic rings. The van der Waals surface area contributed by atoms with E-state index in [-0.39, 0.29) is 0 Å². The van der Waals surface area contributed by atoms with Crippen molar-refractivity contribution in [3.05, 3.63) is 54.8 Å². The van der Waals surface area contributed by atoms with Gasteiger partial charge in [-0.15, -0.1) is 11.3 Å². The summed E-state index contributed by atoms with van der Waals surface area (Å²) in [5, 5.41) is 3.54. The van der Waals surface area contributed by atoms with Gasteiger partial charge in [0, 0.05) is 26.4 Å². The minimum atomic E-state index is 0.958. The van der Waals surface area contributed by atoms with E-state index >= 15 is 0 Å². The normalized spacial score (nSPS) is 13.8. The van der Waals surface area contributed by atoms with Crippen LogP contribution in [0.1, 0.15) is 27.3 Å². The van der Waals surface area contributed by atoms with Crippen molar-refractivity contribution in [2.45, 2.75) is 32.4 Å². The first-order chi connectivity index (χ1) is 8.81. The summed E-state index contributed by atoms with van der Waals surface area (Å²) in [6.07, 6.45) is 3.96. The molecular formula is C15H16INS. The number of benzene rings is 1. The van der Waals surface area contributed by atoms with Gasteiger partial charge in [0.1, 0.15) is 0 Å². The quantitative estimate of drug-likeness (QED) is 0.800. The molecule has 0 radical (unpaired) electrons. The van der Waals surface area contributed by atoms with Gasteiger partial charge in [0.15, 0.2) is 0 Å². The van der Waals surface area contributed by atoms with Crippen molar-refractivity contribution >= 4 is 33.9 Å². The fourth-order valence-corrected chi connectivity index (χ4v) is 4.29. The van der Waals surface area contributed by atoms with Crippen LogP contribution < -0.4 is 5.32 Å². The summed E-state index contributed by atoms with van der Waals surface area (Å²) in [7, 11) is 0. The molecule has 1 aliphatic rings. The Balaban J connectivity index is 1.55. The molecule has 1 aliphatic carbocycles. The summed E-state index contributed by atoms with van der Waals surface area (Å²) in [5.41, 5.74) is 2.97. The first-order valence-corrected chi connectivity index (χ1v) is 8.26. The van der Waals surface area contributed by atoms with Crippen molar-refractivity contribution in [3.8, 4) is 0 Å². The Morgan fingerprint density at radius 1 is 1.17 bits per heavy atom. The lowest BCUT2D eigenvalue weighted by Gasteiger charge is -2.04. The van der Waals surface area contributed by atoms with Gasteiger partial charge >= 0.3 is 0 Å². The maximum atomic E-state index is 3.54. The van der Waals surface area contributed by atoms with Gasteiger partial charge in [0.2, 0.25) is 0 Å². The predicted molar refractivity (Wildman–Crippen MR) is 86.0 cm³/mol. The number of aryl methyl sites for hydroxylation is 2. The first-order valence-electron chi connectivity index (χ1n) is 6.37. The Morgan fingerprint density at radius 2 is 2.11 bits per heavy atom. The number of hydrogen-bond donors (Lipinski definition) is 1. The summed E-state index contributed by atoms with van der Waals surface area (Å²) >= 11 is 4.36. The van der Waals surface area contributed by atoms with Crippen LogP contribution in [0.2, 0.25) is 0 Å². The Morgan fingerprint density at radius 3 is 2.94 bits per heavy atom. The molecule has 0 saturated carbocycles. The highest BCUT2D eigenvalue weighted by molar-refractivity contribution is 14.1. The molecule has 1 aromatic carbocycles. The Hall–Kier alpha value is -0.390. The number of halogens is 1. The third-order valence-corrected chi connectivity index (χ3v) is 5.22. The molecule has 0 amide bonds. The smallest absolute Gasteiger partial charge is 0.0303 e. The highest BCUT2D eigenvalue weighted by Crippen LogP contribution is 2.30. The molecule has 1 heterocycles. The van der Waals surface area contributed by atoms with Gasteiger partial charge in [-0.1, -0.05) is 12.1 Å². The van der Waals surface area contributed by atoms with Crippen LogP contribution in [0.4, 0.5) is 0 Å². The van der Waals surface area contributed by atoms with Crippen LogP contribution in [0, 0.1) is 3.57 Å². The van der Waals surface area contributed by atoms with E-state index in [1.807, 2.05) is 11.3 Å². The zero-order chi connectivity index (χ0) is 12.4. The van der Waals surface area contributed by atoms with E-state index in [0.29, 0.717) is 0 Å². The summed E-state index contributed by atoms with van der Waals surface area (Å²) in [5.74, 6) is 0. The monoisotopic (exact) mass is 369 g/mol. The Bertz CT molecular complexity index is 526. The maximum absolute atomic E-state index is 3.54. The van der Waals surface area contributed by atoms with Crippen molar-refractivity contribution in [3.63, 3.8) is 0 Å². The van der Waals surface area contributed by atoms with Crippen molar-refractivity contribution in [1.82, 2.24) is 5.32 Å². The SMILES string of the molecule is Ic1cccc(CNCc2cc3c(s2)CCC3)c1. The van der Waals surface area contributed by atoms with Gasteiger partial charge in [-0.2, -0.15) is 0 Å². The van der Waals surface area contributed by atoms with Crippen molar-refractivity contribution in [2.75, 3.05) is 0 Å². The third kappa shape index (κ3) is 2.95. The van der Waals surface area contributed by atoms with Crippen LogP contribution in [0.25, 0.3) is 0 Å². The van der Waals surface area contributed by atoms with E-state index in [9.17, 15) is 0 Å². The molecule has 3 heteroatoms. The second-order valence-corrected chi connectivity index (χ2v) is 7.22. The van der Waals surface area contributed by atoms with Crippen LogP contribution in [0.3, 0.4) is 0 Å². The molecule has 1 nitrogen and oxygen atoms in total. The van der Waals surface area contributed by atoms with E-state index in [2.05, 4.69) is 58.2 Å². The number of hydrogen-bond acceptors (Lipinski definition) is 2. The molecule has 0 aliphatic heterocycles. The van der Waals surface area contributed by atoms with Crippen LogP contribution in [-0.4, -0.2) is 0 Å². The molecule has 18 heavy (non-hydrogen) atoms. The third-order valence-electron chi connectivity index (χ3n) is 3.32. The van der Waals surface area contributed by atoms with Gasteiger partial charge in [-0.25, -0.2) is 0 Å². The Labute approximate surface area is 126 Å². The molecule has 94 valence electrons. The number of rotatable bonds is 4. The lowest BCUT2D eigenvalue weighted by molar-refractivity contribution is 0.700. The second kappa shape index (κ2) is 5.72. The second-order valence-electron chi connectivity index (χ2n) is 4.75. The molecule has 0 atom stereocenters. The molecule has 0 saturated heterocycles. The average Bonchev–Trinajstić information content (AvgIpc) is 2.89. The van der Waals surface area contributed by atoms with Gasteiger partial charge in [-0.3, -0.25) is 0 Å². The molecule has 0 fully saturated rings. The van der Waals surface area contributed by atoms with Gasteiger partial charge < -0.3 is 5.32 Å². The van der Waals surface area contributed by atoms with Crippen LogP contribution in [-0.2, 0) is 25.9 Å². The lowest BCUT2D eigenvalue weighted by Crippen LogP contribution is -2.11. The van der Waals surface area contributed by atoms with E-state index in [4.69, 9.17) is 0 Å². The number of thiophene rings is 1. The molecule has 0 unspecified atom stereocenters. The minimum Gasteiger partial charge on any atom is -0.308 e. The molecule has 0 bridgehead atoms. The van der Waals surface area contributed by atoms with Gasteiger partial charge in [-0.05, 0) is 71.2 Å². The summed E-state index contributed by atoms with van der Waals surface area (Å²) < 4.78 is 1.31. The van der Waals surface area contributed by atoms with E-state index < -0.39 is 0 Å². The minimum absolute atomic E-state index is 0.958. The fourth-order valence-electron chi connectivity index (χ4n) is 2.45. The van der Waals surface area contributed by atoms with Crippen LogP contribution in [0.15, 0.2) is 30.3 Å². The van der Waals surface area contributed by atoms with Crippen molar-refractivity contribution in [2.24, 2.45) is 0 Å². The fraction of sp³-hybridized carbons (Fsp3) is 0.333. The summed E-state index contributed by atoms with van der Waals surface area (Å²) in [6.45, 7) is 1.96. The molecule has 1 N–H and O–H groups in total. The highest BCUT2D eigenvalue weighted by atomic mass is 127. The number of fused-ring (bicyclic) bond motifs is 1.